The summed E-state index contributed by atoms with van der Waals surface area (Å²) in [5.41, 5.74) is 2.68. The average molecular weight is 451 g/mol. The molecule has 1 aliphatic heterocycles. The second-order valence-corrected chi connectivity index (χ2v) is 8.68. The predicted octanol–water partition coefficient (Wildman–Crippen LogP) is 2.81. The molecular formula is C22H22N6O3S. The van der Waals surface area contributed by atoms with Gasteiger partial charge in [-0.15, -0.1) is 0 Å². The summed E-state index contributed by atoms with van der Waals surface area (Å²) in [6, 6.07) is 8.78. The lowest BCUT2D eigenvalue weighted by Crippen LogP contribution is -2.50. The van der Waals surface area contributed by atoms with Crippen LogP contribution >= 0.6 is 11.8 Å². The van der Waals surface area contributed by atoms with E-state index in [1.807, 2.05) is 37.4 Å². The summed E-state index contributed by atoms with van der Waals surface area (Å²) in [5, 5.41) is 8.85. The van der Waals surface area contributed by atoms with Crippen LogP contribution in [0, 0.1) is 0 Å². The van der Waals surface area contributed by atoms with Crippen LogP contribution in [0.2, 0.25) is 0 Å². The molecule has 9 nitrogen and oxygen atoms in total. The van der Waals surface area contributed by atoms with E-state index in [4.69, 9.17) is 4.74 Å². The summed E-state index contributed by atoms with van der Waals surface area (Å²) >= 11 is 1.46. The van der Waals surface area contributed by atoms with Gasteiger partial charge < -0.3 is 10.1 Å². The second-order valence-electron chi connectivity index (χ2n) is 7.72. The molecule has 1 aromatic carbocycles. The molecule has 1 fully saturated rings. The molecule has 5 rings (SSSR count). The first-order valence-electron chi connectivity index (χ1n) is 10.3. The highest BCUT2D eigenvalue weighted by atomic mass is 32.2. The summed E-state index contributed by atoms with van der Waals surface area (Å²) in [6.45, 7) is 0. The number of hydrogen-bond acceptors (Lipinski definition) is 7. The molecule has 2 aromatic heterocycles. The summed E-state index contributed by atoms with van der Waals surface area (Å²) in [4.78, 5) is 36.5. The van der Waals surface area contributed by atoms with E-state index in [0.29, 0.717) is 17.0 Å². The van der Waals surface area contributed by atoms with Crippen molar-refractivity contribution in [1.29, 1.82) is 0 Å². The Bertz CT molecular complexity index is 1220. The zero-order chi connectivity index (χ0) is 22.2. The number of benzene rings is 1. The number of urea groups is 1. The lowest BCUT2D eigenvalue weighted by atomic mass is 9.95. The Morgan fingerprint density at radius 3 is 2.75 bits per heavy atom. The van der Waals surface area contributed by atoms with Crippen molar-refractivity contribution in [3.63, 3.8) is 0 Å². The van der Waals surface area contributed by atoms with Crippen molar-refractivity contribution in [2.75, 3.05) is 12.9 Å². The molecule has 0 spiro atoms. The number of hydrogen-bond donors (Lipinski definition) is 1. The third-order valence-electron chi connectivity index (χ3n) is 5.67. The quantitative estimate of drug-likeness (QED) is 0.350. The second kappa shape index (κ2) is 8.27. The minimum Gasteiger partial charge on any atom is -0.466 e. The van der Waals surface area contributed by atoms with Crippen molar-refractivity contribution in [2.24, 2.45) is 7.05 Å². The number of aryl methyl sites for hydroxylation is 1. The summed E-state index contributed by atoms with van der Waals surface area (Å²) in [5.74, 6) is -0.0621. The number of carbonyl (C=O) groups excluding carboxylic acids is 2. The van der Waals surface area contributed by atoms with Gasteiger partial charge in [-0.05, 0) is 18.4 Å². The number of thioether (sulfide) groups is 1. The molecule has 3 aromatic rings. The highest BCUT2D eigenvalue weighted by Crippen LogP contribution is 2.40. The summed E-state index contributed by atoms with van der Waals surface area (Å²) in [7, 11) is 3.19. The lowest BCUT2D eigenvalue weighted by Gasteiger charge is -2.36. The lowest BCUT2D eigenvalue weighted by molar-refractivity contribution is -0.136. The molecule has 2 aliphatic rings. The van der Waals surface area contributed by atoms with Crippen molar-refractivity contribution < 1.29 is 14.3 Å². The van der Waals surface area contributed by atoms with E-state index in [1.165, 1.54) is 25.2 Å². The van der Waals surface area contributed by atoms with Crippen LogP contribution in [-0.2, 0) is 16.6 Å². The van der Waals surface area contributed by atoms with Gasteiger partial charge in [0.2, 0.25) is 0 Å². The Hall–Kier alpha value is -3.40. The largest absolute Gasteiger partial charge is 0.466 e. The fourth-order valence-electron chi connectivity index (χ4n) is 3.98. The van der Waals surface area contributed by atoms with E-state index in [-0.39, 0.29) is 12.1 Å². The number of nitrogens with zero attached hydrogens (tertiary/aromatic N) is 5. The molecule has 0 bridgehead atoms. The van der Waals surface area contributed by atoms with Gasteiger partial charge >= 0.3 is 12.0 Å². The Morgan fingerprint density at radius 1 is 1.25 bits per heavy atom. The fraction of sp³-hybridized carbons (Fsp3) is 0.318. The number of rotatable bonds is 6. The van der Waals surface area contributed by atoms with Crippen molar-refractivity contribution in [2.45, 2.75) is 30.0 Å². The molecular weight excluding hydrogens is 428 g/mol. The molecule has 1 aliphatic carbocycles. The summed E-state index contributed by atoms with van der Waals surface area (Å²) in [6.07, 6.45) is 5.05. The molecule has 164 valence electrons. The standard InChI is InChI=1S/C22H22N6O3S/c1-27-19-15(10-25-27)20(24-12-23-19)32-11-16-17(21(29)31-2)18(13-6-4-3-5-7-13)26-22(30)28(16)14-8-9-14/h3-7,10,12,14,18H,8-9,11H2,1-2H3,(H,26,30). The monoisotopic (exact) mass is 450 g/mol. The van der Waals surface area contributed by atoms with E-state index in [2.05, 4.69) is 20.4 Å². The minimum absolute atomic E-state index is 0.0887. The number of amides is 2. The molecule has 32 heavy (non-hydrogen) atoms. The van der Waals surface area contributed by atoms with Crippen LogP contribution in [-0.4, -0.2) is 55.6 Å². The van der Waals surface area contributed by atoms with Crippen molar-refractivity contribution in [3.8, 4) is 0 Å². The Kier molecular flexibility index (Phi) is 5.30. The molecule has 1 atom stereocenters. The Balaban J connectivity index is 1.58. The van der Waals surface area contributed by atoms with Crippen LogP contribution in [0.1, 0.15) is 24.4 Å². The van der Waals surface area contributed by atoms with Crippen LogP contribution in [0.15, 0.2) is 59.2 Å². The van der Waals surface area contributed by atoms with Gasteiger partial charge in [0.05, 0.1) is 30.3 Å². The zero-order valence-corrected chi connectivity index (χ0v) is 18.5. The number of aromatic nitrogens is 4. The first-order valence-corrected chi connectivity index (χ1v) is 11.3. The van der Waals surface area contributed by atoms with E-state index in [9.17, 15) is 9.59 Å². The van der Waals surface area contributed by atoms with Crippen molar-refractivity contribution in [1.82, 2.24) is 30.0 Å². The van der Waals surface area contributed by atoms with Crippen LogP contribution in [0.3, 0.4) is 0 Å². The molecule has 2 amide bonds. The number of ether oxygens (including phenoxy) is 1. The first-order chi connectivity index (χ1) is 15.6. The van der Waals surface area contributed by atoms with Gasteiger partial charge in [0.15, 0.2) is 5.65 Å². The van der Waals surface area contributed by atoms with Crippen LogP contribution in [0.25, 0.3) is 11.0 Å². The molecule has 1 saturated carbocycles. The number of esters is 1. The Morgan fingerprint density at radius 2 is 2.03 bits per heavy atom. The van der Waals surface area contributed by atoms with E-state index in [1.54, 1.807) is 15.8 Å². The zero-order valence-electron chi connectivity index (χ0n) is 17.7. The van der Waals surface area contributed by atoms with Crippen LogP contribution in [0.5, 0.6) is 0 Å². The van der Waals surface area contributed by atoms with Gasteiger partial charge in [0, 0.05) is 24.5 Å². The van der Waals surface area contributed by atoms with E-state index < -0.39 is 12.0 Å². The Labute approximate surface area is 188 Å². The third kappa shape index (κ3) is 3.60. The third-order valence-corrected chi connectivity index (χ3v) is 6.68. The SMILES string of the molecule is COC(=O)C1=C(CSc2ncnc3c2cnn3C)N(C2CC2)C(=O)NC1c1ccccc1. The van der Waals surface area contributed by atoms with Crippen LogP contribution < -0.4 is 5.32 Å². The maximum Gasteiger partial charge on any atom is 0.338 e. The van der Waals surface area contributed by atoms with E-state index in [0.717, 1.165) is 34.5 Å². The highest BCUT2D eigenvalue weighted by Gasteiger charge is 2.44. The topological polar surface area (TPSA) is 102 Å². The molecule has 1 N–H and O–H groups in total. The molecule has 3 heterocycles. The number of methoxy groups -OCH3 is 1. The minimum atomic E-state index is -0.578. The van der Waals surface area contributed by atoms with Crippen LogP contribution in [0.4, 0.5) is 4.79 Å². The average Bonchev–Trinajstić information content (AvgIpc) is 3.59. The highest BCUT2D eigenvalue weighted by molar-refractivity contribution is 7.99. The number of nitrogens with one attached hydrogen (secondary N) is 1. The number of fused-ring (bicyclic) bond motifs is 1. The molecule has 10 heteroatoms. The van der Waals surface area contributed by atoms with Gasteiger partial charge in [-0.3, -0.25) is 9.58 Å². The molecule has 0 radical (unpaired) electrons. The maximum absolute atomic E-state index is 13.1. The summed E-state index contributed by atoms with van der Waals surface area (Å²) < 4.78 is 6.85. The molecule has 1 unspecified atom stereocenters. The fourth-order valence-corrected chi connectivity index (χ4v) is 4.97. The first kappa shape index (κ1) is 20.5. The molecule has 0 saturated heterocycles. The van der Waals surface area contributed by atoms with Gasteiger partial charge in [-0.2, -0.15) is 5.10 Å². The van der Waals surface area contributed by atoms with Gasteiger partial charge in [-0.1, -0.05) is 42.1 Å². The number of carbonyl (C=O) groups is 2. The van der Waals surface area contributed by atoms with Crippen molar-refractivity contribution >= 4 is 34.8 Å². The predicted molar refractivity (Wildman–Crippen MR) is 119 cm³/mol. The van der Waals surface area contributed by atoms with Gasteiger partial charge in [-0.25, -0.2) is 19.6 Å². The van der Waals surface area contributed by atoms with Gasteiger partial charge in [0.25, 0.3) is 0 Å². The maximum atomic E-state index is 13.1. The van der Waals surface area contributed by atoms with Crippen molar-refractivity contribution in [3.05, 3.63) is 59.7 Å². The van der Waals surface area contributed by atoms with E-state index >= 15 is 0 Å². The van der Waals surface area contributed by atoms with Gasteiger partial charge in [0.1, 0.15) is 11.4 Å². The normalized spacial score (nSPS) is 18.8. The smallest absolute Gasteiger partial charge is 0.338 e.